The summed E-state index contributed by atoms with van der Waals surface area (Å²) in [4.78, 5) is 9.89. The van der Waals surface area contributed by atoms with Crippen LogP contribution in [0.1, 0.15) is 114 Å². The first-order valence-electron chi connectivity index (χ1n) is 12.6. The molecular formula is C28H44O3. The highest BCUT2D eigenvalue weighted by atomic mass is 16.7. The van der Waals surface area contributed by atoms with E-state index in [0.717, 1.165) is 30.6 Å². The third-order valence-corrected chi connectivity index (χ3v) is 6.96. The maximum atomic E-state index is 9.89. The third-order valence-electron chi connectivity index (χ3n) is 6.96. The Labute approximate surface area is 190 Å². The van der Waals surface area contributed by atoms with Crippen LogP contribution in [0.2, 0.25) is 0 Å². The zero-order chi connectivity index (χ0) is 22.5. The molecule has 0 aliphatic heterocycles. The molecule has 0 spiro atoms. The van der Waals surface area contributed by atoms with Crippen LogP contribution in [0.15, 0.2) is 36.4 Å². The van der Waals surface area contributed by atoms with Crippen LogP contribution < -0.4 is 0 Å². The molecule has 0 radical (unpaired) electrons. The van der Waals surface area contributed by atoms with Crippen LogP contribution in [0.5, 0.6) is 0 Å². The predicted molar refractivity (Wildman–Crippen MR) is 130 cm³/mol. The summed E-state index contributed by atoms with van der Waals surface area (Å²) in [6.45, 7) is 6.69. The van der Waals surface area contributed by atoms with Gasteiger partial charge in [-0.3, -0.25) is 0 Å². The van der Waals surface area contributed by atoms with Gasteiger partial charge in [0.1, 0.15) is 0 Å². The Hall–Kier alpha value is -1.77. The lowest BCUT2D eigenvalue weighted by atomic mass is 9.77. The Bertz CT molecular complexity index is 641. The molecule has 31 heavy (non-hydrogen) atoms. The minimum Gasteiger partial charge on any atom is -0.450 e. The molecule has 1 N–H and O–H groups in total. The van der Waals surface area contributed by atoms with Crippen LogP contribution in [0.3, 0.4) is 0 Å². The van der Waals surface area contributed by atoms with Crippen LogP contribution in [0.25, 0.3) is 0 Å². The smallest absolute Gasteiger partial charge is 0.450 e. The lowest BCUT2D eigenvalue weighted by molar-refractivity contribution is 0.0779. The zero-order valence-electron chi connectivity index (χ0n) is 20.0. The number of hydrogen-bond acceptors (Lipinski definition) is 2. The standard InChI is InChI=1S/C21H30.C7H14O3/c1-2-6-17-9-11-19(12-10-17)21-15-13-20(14-16-21)18-7-4-3-5-8-18;1-3-4-6(2)5-10-7(8)9/h3-4,13-19H,2,5-12H2,1H3;6H,3-5H2,1-2H3,(H,8,9). The Morgan fingerprint density at radius 2 is 1.61 bits per heavy atom. The van der Waals surface area contributed by atoms with Gasteiger partial charge in [-0.1, -0.05) is 76.5 Å². The average Bonchev–Trinajstić information content (AvgIpc) is 2.80. The molecule has 2 atom stereocenters. The van der Waals surface area contributed by atoms with Gasteiger partial charge in [0.2, 0.25) is 0 Å². The van der Waals surface area contributed by atoms with Gasteiger partial charge in [0.15, 0.2) is 0 Å². The van der Waals surface area contributed by atoms with Gasteiger partial charge in [0, 0.05) is 0 Å². The summed E-state index contributed by atoms with van der Waals surface area (Å²) in [6, 6.07) is 9.69. The highest BCUT2D eigenvalue weighted by Gasteiger charge is 2.22. The van der Waals surface area contributed by atoms with Gasteiger partial charge in [-0.2, -0.15) is 0 Å². The molecule has 0 bridgehead atoms. The van der Waals surface area contributed by atoms with Crippen molar-refractivity contribution >= 4 is 6.16 Å². The van der Waals surface area contributed by atoms with Crippen molar-refractivity contribution in [2.45, 2.75) is 103 Å². The van der Waals surface area contributed by atoms with Crippen molar-refractivity contribution in [2.24, 2.45) is 11.8 Å². The van der Waals surface area contributed by atoms with Crippen molar-refractivity contribution in [1.29, 1.82) is 0 Å². The monoisotopic (exact) mass is 428 g/mol. The van der Waals surface area contributed by atoms with Crippen LogP contribution in [0.4, 0.5) is 4.79 Å². The molecule has 174 valence electrons. The van der Waals surface area contributed by atoms with Crippen molar-refractivity contribution in [3.8, 4) is 0 Å². The van der Waals surface area contributed by atoms with E-state index in [1.807, 2.05) is 6.92 Å². The van der Waals surface area contributed by atoms with Gasteiger partial charge in [0.25, 0.3) is 0 Å². The molecule has 3 heteroatoms. The first kappa shape index (κ1) is 25.5. The SMILES string of the molecule is CCCC(C)COC(=O)O.CCCC1CCC(c2ccc(C3CC=CCC3)cc2)CC1. The first-order valence-corrected chi connectivity index (χ1v) is 12.6. The van der Waals surface area contributed by atoms with Gasteiger partial charge >= 0.3 is 6.16 Å². The van der Waals surface area contributed by atoms with Gasteiger partial charge in [-0.05, 0) is 86.2 Å². The number of hydrogen-bond donors (Lipinski definition) is 1. The molecule has 2 aliphatic rings. The minimum atomic E-state index is -1.18. The fourth-order valence-electron chi connectivity index (χ4n) is 5.12. The molecule has 0 heterocycles. The van der Waals surface area contributed by atoms with E-state index in [2.05, 4.69) is 55.0 Å². The van der Waals surface area contributed by atoms with E-state index in [1.54, 1.807) is 11.1 Å². The highest BCUT2D eigenvalue weighted by molar-refractivity contribution is 5.56. The topological polar surface area (TPSA) is 46.5 Å². The largest absolute Gasteiger partial charge is 0.505 e. The molecule has 0 amide bonds. The predicted octanol–water partition coefficient (Wildman–Crippen LogP) is 8.70. The Morgan fingerprint density at radius 3 is 2.13 bits per heavy atom. The molecule has 3 rings (SSSR count). The Morgan fingerprint density at radius 1 is 0.968 bits per heavy atom. The maximum Gasteiger partial charge on any atom is 0.505 e. The normalized spacial score (nSPS) is 24.0. The molecule has 1 aromatic rings. The summed E-state index contributed by atoms with van der Waals surface area (Å²) < 4.78 is 4.37. The van der Waals surface area contributed by atoms with E-state index < -0.39 is 6.16 Å². The van der Waals surface area contributed by atoms with E-state index in [9.17, 15) is 4.79 Å². The number of ether oxygens (including phenoxy) is 1. The Balaban J connectivity index is 0.000000291. The fourth-order valence-corrected chi connectivity index (χ4v) is 5.12. The molecule has 1 aromatic carbocycles. The summed E-state index contributed by atoms with van der Waals surface area (Å²) >= 11 is 0. The van der Waals surface area contributed by atoms with Crippen molar-refractivity contribution < 1.29 is 14.6 Å². The lowest BCUT2D eigenvalue weighted by Gasteiger charge is -2.29. The number of carbonyl (C=O) groups is 1. The summed E-state index contributed by atoms with van der Waals surface area (Å²) in [5, 5.41) is 8.11. The average molecular weight is 429 g/mol. The summed E-state index contributed by atoms with van der Waals surface area (Å²) in [5.41, 5.74) is 3.16. The molecule has 1 fully saturated rings. The maximum absolute atomic E-state index is 9.89. The van der Waals surface area contributed by atoms with Crippen LogP contribution in [-0.2, 0) is 4.74 Å². The molecule has 2 aliphatic carbocycles. The lowest BCUT2D eigenvalue weighted by Crippen LogP contribution is -2.13. The van der Waals surface area contributed by atoms with Crippen molar-refractivity contribution in [1.82, 2.24) is 0 Å². The van der Waals surface area contributed by atoms with E-state index in [0.29, 0.717) is 12.5 Å². The van der Waals surface area contributed by atoms with E-state index in [1.165, 1.54) is 57.8 Å². The number of allylic oxidation sites excluding steroid dienone is 2. The molecule has 2 unspecified atom stereocenters. The Kier molecular flexibility index (Phi) is 11.8. The van der Waals surface area contributed by atoms with Crippen molar-refractivity contribution in [3.05, 3.63) is 47.5 Å². The van der Waals surface area contributed by atoms with E-state index >= 15 is 0 Å². The first-order chi connectivity index (χ1) is 15.0. The highest BCUT2D eigenvalue weighted by Crippen LogP contribution is 2.38. The minimum absolute atomic E-state index is 0.323. The number of benzene rings is 1. The van der Waals surface area contributed by atoms with Gasteiger partial charge < -0.3 is 9.84 Å². The van der Waals surface area contributed by atoms with Gasteiger partial charge in [0.05, 0.1) is 6.61 Å². The summed E-state index contributed by atoms with van der Waals surface area (Å²) in [7, 11) is 0. The third kappa shape index (κ3) is 9.49. The van der Waals surface area contributed by atoms with E-state index in [-0.39, 0.29) is 0 Å². The van der Waals surface area contributed by atoms with Gasteiger partial charge in [-0.15, -0.1) is 0 Å². The zero-order valence-corrected chi connectivity index (χ0v) is 20.0. The second kappa shape index (κ2) is 14.3. The van der Waals surface area contributed by atoms with E-state index in [4.69, 9.17) is 5.11 Å². The number of rotatable bonds is 8. The molecule has 1 saturated carbocycles. The fraction of sp³-hybridized carbons (Fsp3) is 0.679. The van der Waals surface area contributed by atoms with Gasteiger partial charge in [-0.25, -0.2) is 4.79 Å². The molecule has 0 aromatic heterocycles. The summed E-state index contributed by atoms with van der Waals surface area (Å²) in [5.74, 6) is 2.96. The van der Waals surface area contributed by atoms with Crippen LogP contribution in [0, 0.1) is 11.8 Å². The summed E-state index contributed by atoms with van der Waals surface area (Å²) in [6.07, 6.45) is 18.0. The van der Waals surface area contributed by atoms with Crippen LogP contribution in [-0.4, -0.2) is 17.9 Å². The second-order valence-corrected chi connectivity index (χ2v) is 9.63. The number of carboxylic acid groups (broad SMARTS) is 1. The molecular weight excluding hydrogens is 384 g/mol. The molecule has 0 saturated heterocycles. The second-order valence-electron chi connectivity index (χ2n) is 9.63. The van der Waals surface area contributed by atoms with Crippen molar-refractivity contribution in [3.63, 3.8) is 0 Å². The van der Waals surface area contributed by atoms with Crippen LogP contribution >= 0.6 is 0 Å². The van der Waals surface area contributed by atoms with Crippen molar-refractivity contribution in [2.75, 3.05) is 6.61 Å². The quantitative estimate of drug-likeness (QED) is 0.332. The molecule has 3 nitrogen and oxygen atoms in total.